The normalized spacial score (nSPS) is 12.7. The molecule has 3 nitrogen and oxygen atoms in total. The Morgan fingerprint density at radius 1 is 1.32 bits per heavy atom. The van der Waals surface area contributed by atoms with Crippen LogP contribution in [-0.2, 0) is 7.05 Å². The number of nitrogens with one attached hydrogen (secondary N) is 1. The Bertz CT molecular complexity index is 578. The number of hydrogen-bond donors (Lipinski definition) is 1. The predicted molar refractivity (Wildman–Crippen MR) is 69.8 cm³/mol. The fourth-order valence-electron chi connectivity index (χ4n) is 2.13. The highest BCUT2D eigenvalue weighted by molar-refractivity contribution is 5.34. The van der Waals surface area contributed by atoms with Gasteiger partial charge >= 0.3 is 0 Å². The van der Waals surface area contributed by atoms with E-state index in [1.807, 2.05) is 20.9 Å². The summed E-state index contributed by atoms with van der Waals surface area (Å²) in [6.45, 7) is 4.48. The van der Waals surface area contributed by atoms with E-state index in [1.54, 1.807) is 16.9 Å². The van der Waals surface area contributed by atoms with Crippen molar-refractivity contribution >= 4 is 0 Å². The third kappa shape index (κ3) is 2.51. The van der Waals surface area contributed by atoms with Crippen LogP contribution < -0.4 is 5.32 Å². The van der Waals surface area contributed by atoms with Gasteiger partial charge in [0.15, 0.2) is 11.6 Å². The van der Waals surface area contributed by atoms with Crippen molar-refractivity contribution in [3.05, 3.63) is 52.9 Å². The molecule has 1 heterocycles. The maximum atomic E-state index is 14.0. The molecule has 0 aliphatic heterocycles. The third-order valence-corrected chi connectivity index (χ3v) is 3.28. The number of rotatable bonds is 4. The van der Waals surface area contributed by atoms with Crippen molar-refractivity contribution in [2.24, 2.45) is 7.05 Å². The van der Waals surface area contributed by atoms with E-state index in [0.29, 0.717) is 12.1 Å². The minimum absolute atomic E-state index is 0.304. The molecule has 2 rings (SSSR count). The summed E-state index contributed by atoms with van der Waals surface area (Å²) in [5.41, 5.74) is 2.08. The van der Waals surface area contributed by atoms with Gasteiger partial charge in [0.2, 0.25) is 0 Å². The molecule has 0 saturated carbocycles. The molecule has 0 saturated heterocycles. The maximum Gasteiger partial charge on any atom is 0.163 e. The van der Waals surface area contributed by atoms with E-state index in [2.05, 4.69) is 10.4 Å². The summed E-state index contributed by atoms with van der Waals surface area (Å²) in [5, 5.41) is 7.33. The van der Waals surface area contributed by atoms with Gasteiger partial charge in [-0.25, -0.2) is 8.78 Å². The highest BCUT2D eigenvalue weighted by Gasteiger charge is 2.22. The van der Waals surface area contributed by atoms with Gasteiger partial charge in [-0.2, -0.15) is 5.10 Å². The smallest absolute Gasteiger partial charge is 0.163 e. The summed E-state index contributed by atoms with van der Waals surface area (Å²) < 4.78 is 29.1. The van der Waals surface area contributed by atoms with Crippen LogP contribution in [0.15, 0.2) is 24.4 Å². The summed E-state index contributed by atoms with van der Waals surface area (Å²) in [6.07, 6.45) is 1.69. The van der Waals surface area contributed by atoms with E-state index < -0.39 is 17.7 Å². The molecular weight excluding hydrogens is 248 g/mol. The minimum atomic E-state index is -0.832. The van der Waals surface area contributed by atoms with E-state index >= 15 is 0 Å². The lowest BCUT2D eigenvalue weighted by atomic mass is 9.98. The second kappa shape index (κ2) is 5.48. The summed E-state index contributed by atoms with van der Waals surface area (Å²) in [4.78, 5) is 0. The minimum Gasteiger partial charge on any atom is -0.306 e. The Hall–Kier alpha value is -1.75. The zero-order chi connectivity index (χ0) is 14.0. The van der Waals surface area contributed by atoms with E-state index in [4.69, 9.17) is 0 Å². The van der Waals surface area contributed by atoms with Crippen molar-refractivity contribution in [3.63, 3.8) is 0 Å². The second-order valence-corrected chi connectivity index (χ2v) is 4.44. The first kappa shape index (κ1) is 13.7. The fourth-order valence-corrected chi connectivity index (χ4v) is 2.13. The van der Waals surface area contributed by atoms with E-state index in [1.165, 1.54) is 6.07 Å². The van der Waals surface area contributed by atoms with Crippen LogP contribution in [0.4, 0.5) is 8.78 Å². The standard InChI is InChI=1S/C14H17F2N3/c1-4-17-14(11-8-18-19(3)9(11)2)10-6-5-7-12(15)13(10)16/h5-8,14,17H,4H2,1-3H3. The van der Waals surface area contributed by atoms with Crippen LogP contribution in [-0.4, -0.2) is 16.3 Å². The SMILES string of the molecule is CCNC(c1cccc(F)c1F)c1cnn(C)c1C. The molecule has 1 aromatic carbocycles. The van der Waals surface area contributed by atoms with Gasteiger partial charge in [-0.05, 0) is 19.5 Å². The lowest BCUT2D eigenvalue weighted by molar-refractivity contribution is 0.482. The number of halogens is 2. The molecule has 102 valence electrons. The molecule has 0 bridgehead atoms. The summed E-state index contributed by atoms with van der Waals surface area (Å²) in [6, 6.07) is 3.84. The highest BCUT2D eigenvalue weighted by atomic mass is 19.2. The van der Waals surface area contributed by atoms with Crippen molar-refractivity contribution in [2.45, 2.75) is 19.9 Å². The topological polar surface area (TPSA) is 29.9 Å². The van der Waals surface area contributed by atoms with E-state index in [9.17, 15) is 8.78 Å². The Balaban J connectivity index is 2.51. The van der Waals surface area contributed by atoms with Crippen LogP contribution >= 0.6 is 0 Å². The molecule has 1 aromatic heterocycles. The van der Waals surface area contributed by atoms with Gasteiger partial charge in [0.1, 0.15) is 0 Å². The Kier molecular flexibility index (Phi) is 3.95. The van der Waals surface area contributed by atoms with Gasteiger partial charge in [-0.1, -0.05) is 19.1 Å². The average Bonchev–Trinajstić information content (AvgIpc) is 2.71. The molecule has 0 radical (unpaired) electrons. The Labute approximate surface area is 111 Å². The van der Waals surface area contributed by atoms with Crippen LogP contribution in [0.3, 0.4) is 0 Å². The molecule has 5 heteroatoms. The first-order chi connectivity index (χ1) is 9.06. The number of benzene rings is 1. The average molecular weight is 265 g/mol. The van der Waals surface area contributed by atoms with Crippen molar-refractivity contribution in [3.8, 4) is 0 Å². The first-order valence-corrected chi connectivity index (χ1v) is 6.22. The lowest BCUT2D eigenvalue weighted by Gasteiger charge is -2.19. The molecule has 0 amide bonds. The molecule has 1 N–H and O–H groups in total. The Morgan fingerprint density at radius 3 is 2.63 bits per heavy atom. The van der Waals surface area contributed by atoms with Gasteiger partial charge in [0.05, 0.1) is 12.2 Å². The van der Waals surface area contributed by atoms with Crippen molar-refractivity contribution in [1.82, 2.24) is 15.1 Å². The largest absolute Gasteiger partial charge is 0.306 e. The predicted octanol–water partition coefficient (Wildman–Crippen LogP) is 2.71. The van der Waals surface area contributed by atoms with Crippen molar-refractivity contribution in [2.75, 3.05) is 6.54 Å². The number of aromatic nitrogens is 2. The third-order valence-electron chi connectivity index (χ3n) is 3.28. The van der Waals surface area contributed by atoms with Gasteiger partial charge in [0, 0.05) is 23.9 Å². The van der Waals surface area contributed by atoms with E-state index in [-0.39, 0.29) is 0 Å². The molecule has 0 fully saturated rings. The second-order valence-electron chi connectivity index (χ2n) is 4.44. The maximum absolute atomic E-state index is 14.0. The van der Waals surface area contributed by atoms with Crippen LogP contribution in [0, 0.1) is 18.6 Å². The number of nitrogens with zero attached hydrogens (tertiary/aromatic N) is 2. The molecule has 1 unspecified atom stereocenters. The van der Waals surface area contributed by atoms with Crippen molar-refractivity contribution < 1.29 is 8.78 Å². The number of hydrogen-bond acceptors (Lipinski definition) is 2. The molecule has 1 atom stereocenters. The summed E-state index contributed by atoms with van der Waals surface area (Å²) in [5.74, 6) is -1.64. The highest BCUT2D eigenvalue weighted by Crippen LogP contribution is 2.27. The molecule has 0 aliphatic rings. The van der Waals surface area contributed by atoms with Crippen LogP contribution in [0.1, 0.15) is 29.8 Å². The Morgan fingerprint density at radius 2 is 2.05 bits per heavy atom. The van der Waals surface area contributed by atoms with Gasteiger partial charge in [0.25, 0.3) is 0 Å². The number of aryl methyl sites for hydroxylation is 1. The van der Waals surface area contributed by atoms with Gasteiger partial charge < -0.3 is 5.32 Å². The summed E-state index contributed by atoms with van der Waals surface area (Å²) in [7, 11) is 1.82. The first-order valence-electron chi connectivity index (χ1n) is 6.22. The molecule has 2 aromatic rings. The zero-order valence-corrected chi connectivity index (χ0v) is 11.2. The van der Waals surface area contributed by atoms with Crippen LogP contribution in [0.5, 0.6) is 0 Å². The zero-order valence-electron chi connectivity index (χ0n) is 11.2. The van der Waals surface area contributed by atoms with Gasteiger partial charge in [-0.3, -0.25) is 4.68 Å². The van der Waals surface area contributed by atoms with Crippen molar-refractivity contribution in [1.29, 1.82) is 0 Å². The van der Waals surface area contributed by atoms with Crippen LogP contribution in [0.2, 0.25) is 0 Å². The van der Waals surface area contributed by atoms with Gasteiger partial charge in [-0.15, -0.1) is 0 Å². The van der Waals surface area contributed by atoms with Crippen LogP contribution in [0.25, 0.3) is 0 Å². The summed E-state index contributed by atoms with van der Waals surface area (Å²) >= 11 is 0. The molecule has 19 heavy (non-hydrogen) atoms. The molecule has 0 spiro atoms. The molecule has 0 aliphatic carbocycles. The quantitative estimate of drug-likeness (QED) is 0.921. The fraction of sp³-hybridized carbons (Fsp3) is 0.357. The molecular formula is C14H17F2N3. The van der Waals surface area contributed by atoms with E-state index in [0.717, 1.165) is 17.3 Å². The monoisotopic (exact) mass is 265 g/mol. The lowest BCUT2D eigenvalue weighted by Crippen LogP contribution is -2.23.